The van der Waals surface area contributed by atoms with Gasteiger partial charge < -0.3 is 10.5 Å². The minimum absolute atomic E-state index is 0.112. The van der Waals surface area contributed by atoms with Crippen molar-refractivity contribution in [2.24, 2.45) is 5.73 Å². The van der Waals surface area contributed by atoms with Crippen molar-refractivity contribution in [1.82, 2.24) is 0 Å². The predicted molar refractivity (Wildman–Crippen MR) is 52.5 cm³/mol. The summed E-state index contributed by atoms with van der Waals surface area (Å²) >= 11 is 0. The van der Waals surface area contributed by atoms with E-state index in [2.05, 4.69) is 31.2 Å². The normalized spacial score (nSPS) is 27.8. The van der Waals surface area contributed by atoms with Crippen LogP contribution in [0.1, 0.15) is 23.7 Å². The molecule has 1 fully saturated rings. The molecule has 1 saturated heterocycles. The lowest BCUT2D eigenvalue weighted by Crippen LogP contribution is -2.23. The van der Waals surface area contributed by atoms with Crippen molar-refractivity contribution in [2.45, 2.75) is 25.5 Å². The van der Waals surface area contributed by atoms with Gasteiger partial charge in [-0.05, 0) is 18.9 Å². The quantitative estimate of drug-likeness (QED) is 0.709. The molecule has 0 bridgehead atoms. The van der Waals surface area contributed by atoms with Crippen LogP contribution in [-0.2, 0) is 4.74 Å². The molecule has 2 atom stereocenters. The van der Waals surface area contributed by atoms with Gasteiger partial charge in [-0.15, -0.1) is 0 Å². The van der Waals surface area contributed by atoms with Crippen LogP contribution in [0, 0.1) is 6.92 Å². The standard InChI is InChI=1S/C11H15NO/c1-8-2-4-9(5-3-8)11-10(12)6-7-13-11/h2-5,10-11H,6-7,12H2,1H3. The minimum atomic E-state index is 0.112. The van der Waals surface area contributed by atoms with Crippen LogP contribution in [0.4, 0.5) is 0 Å². The third-order valence-corrected chi connectivity index (χ3v) is 2.54. The van der Waals surface area contributed by atoms with E-state index in [0.29, 0.717) is 0 Å². The molecule has 0 spiro atoms. The van der Waals surface area contributed by atoms with E-state index in [4.69, 9.17) is 10.5 Å². The molecule has 2 rings (SSSR count). The van der Waals surface area contributed by atoms with E-state index in [-0.39, 0.29) is 12.1 Å². The van der Waals surface area contributed by atoms with Gasteiger partial charge in [0.1, 0.15) is 0 Å². The van der Waals surface area contributed by atoms with Crippen LogP contribution in [0.15, 0.2) is 24.3 Å². The highest BCUT2D eigenvalue weighted by atomic mass is 16.5. The van der Waals surface area contributed by atoms with Crippen molar-refractivity contribution < 1.29 is 4.74 Å². The SMILES string of the molecule is Cc1ccc(C2OCCC2N)cc1. The second-order valence-electron chi connectivity index (χ2n) is 3.65. The van der Waals surface area contributed by atoms with Gasteiger partial charge in [0.2, 0.25) is 0 Å². The molecule has 0 radical (unpaired) electrons. The zero-order valence-corrected chi connectivity index (χ0v) is 7.86. The first-order valence-electron chi connectivity index (χ1n) is 4.71. The van der Waals surface area contributed by atoms with E-state index in [1.54, 1.807) is 0 Å². The van der Waals surface area contributed by atoms with E-state index in [1.165, 1.54) is 11.1 Å². The topological polar surface area (TPSA) is 35.2 Å². The molecule has 0 aromatic heterocycles. The molecule has 0 saturated carbocycles. The average molecular weight is 177 g/mol. The molecule has 1 aliphatic rings. The zero-order chi connectivity index (χ0) is 9.26. The fourth-order valence-corrected chi connectivity index (χ4v) is 1.71. The Balaban J connectivity index is 2.20. The second kappa shape index (κ2) is 3.48. The fourth-order valence-electron chi connectivity index (χ4n) is 1.71. The predicted octanol–water partition coefficient (Wildman–Crippen LogP) is 1.78. The van der Waals surface area contributed by atoms with Crippen LogP contribution in [-0.4, -0.2) is 12.6 Å². The summed E-state index contributed by atoms with van der Waals surface area (Å²) < 4.78 is 5.57. The van der Waals surface area contributed by atoms with E-state index in [9.17, 15) is 0 Å². The number of benzene rings is 1. The lowest BCUT2D eigenvalue weighted by molar-refractivity contribution is 0.105. The van der Waals surface area contributed by atoms with Gasteiger partial charge in [0.25, 0.3) is 0 Å². The van der Waals surface area contributed by atoms with Crippen molar-refractivity contribution in [2.75, 3.05) is 6.61 Å². The molecule has 1 heterocycles. The highest BCUT2D eigenvalue weighted by molar-refractivity contribution is 5.24. The summed E-state index contributed by atoms with van der Waals surface area (Å²) in [7, 11) is 0. The highest BCUT2D eigenvalue weighted by Gasteiger charge is 2.25. The molecule has 1 aliphatic heterocycles. The summed E-state index contributed by atoms with van der Waals surface area (Å²) in [6.45, 7) is 2.87. The molecule has 0 aliphatic carbocycles. The summed E-state index contributed by atoms with van der Waals surface area (Å²) in [5, 5.41) is 0. The number of rotatable bonds is 1. The Morgan fingerprint density at radius 1 is 1.31 bits per heavy atom. The van der Waals surface area contributed by atoms with Gasteiger partial charge in [-0.25, -0.2) is 0 Å². The third-order valence-electron chi connectivity index (χ3n) is 2.54. The Morgan fingerprint density at radius 3 is 2.54 bits per heavy atom. The molecule has 70 valence electrons. The van der Waals surface area contributed by atoms with Gasteiger partial charge in [-0.3, -0.25) is 0 Å². The van der Waals surface area contributed by atoms with Crippen molar-refractivity contribution >= 4 is 0 Å². The van der Waals surface area contributed by atoms with Crippen molar-refractivity contribution in [3.63, 3.8) is 0 Å². The van der Waals surface area contributed by atoms with Crippen LogP contribution in [0.3, 0.4) is 0 Å². The molecule has 1 aromatic rings. The Labute approximate surface area is 78.7 Å². The maximum Gasteiger partial charge on any atom is 0.0976 e. The van der Waals surface area contributed by atoms with Crippen LogP contribution in [0.2, 0.25) is 0 Å². The molecule has 2 N–H and O–H groups in total. The van der Waals surface area contributed by atoms with Gasteiger partial charge in [0.15, 0.2) is 0 Å². The average Bonchev–Trinajstić information content (AvgIpc) is 2.53. The molecular formula is C11H15NO. The first kappa shape index (κ1) is 8.73. The second-order valence-corrected chi connectivity index (χ2v) is 3.65. The van der Waals surface area contributed by atoms with Crippen molar-refractivity contribution in [3.8, 4) is 0 Å². The lowest BCUT2D eigenvalue weighted by Gasteiger charge is -2.14. The van der Waals surface area contributed by atoms with E-state index < -0.39 is 0 Å². The van der Waals surface area contributed by atoms with Crippen molar-refractivity contribution in [3.05, 3.63) is 35.4 Å². The Morgan fingerprint density at radius 2 is 2.00 bits per heavy atom. The highest BCUT2D eigenvalue weighted by Crippen LogP contribution is 2.27. The number of ether oxygens (including phenoxy) is 1. The van der Waals surface area contributed by atoms with Gasteiger partial charge >= 0.3 is 0 Å². The van der Waals surface area contributed by atoms with Crippen molar-refractivity contribution in [1.29, 1.82) is 0 Å². The number of aryl methyl sites for hydroxylation is 1. The number of hydrogen-bond acceptors (Lipinski definition) is 2. The lowest BCUT2D eigenvalue weighted by atomic mass is 10.0. The summed E-state index contributed by atoms with van der Waals surface area (Å²) in [6.07, 6.45) is 1.08. The van der Waals surface area contributed by atoms with Crippen LogP contribution in [0.25, 0.3) is 0 Å². The monoisotopic (exact) mass is 177 g/mol. The number of hydrogen-bond donors (Lipinski definition) is 1. The van der Waals surface area contributed by atoms with Crippen LogP contribution < -0.4 is 5.73 Å². The summed E-state index contributed by atoms with van der Waals surface area (Å²) in [5.41, 5.74) is 8.40. The van der Waals surface area contributed by atoms with Gasteiger partial charge in [-0.2, -0.15) is 0 Å². The maximum absolute atomic E-state index is 5.92. The molecular weight excluding hydrogens is 162 g/mol. The minimum Gasteiger partial charge on any atom is -0.372 e. The Bertz CT molecular complexity index is 281. The molecule has 2 nitrogen and oxygen atoms in total. The molecule has 0 amide bonds. The van der Waals surface area contributed by atoms with E-state index in [0.717, 1.165) is 13.0 Å². The van der Waals surface area contributed by atoms with E-state index in [1.807, 2.05) is 0 Å². The Kier molecular flexibility index (Phi) is 2.34. The van der Waals surface area contributed by atoms with Crippen LogP contribution in [0.5, 0.6) is 0 Å². The first-order chi connectivity index (χ1) is 6.27. The van der Waals surface area contributed by atoms with Gasteiger partial charge in [0.05, 0.1) is 6.10 Å². The molecule has 1 aromatic carbocycles. The molecule has 2 unspecified atom stereocenters. The largest absolute Gasteiger partial charge is 0.372 e. The summed E-state index contributed by atoms with van der Waals surface area (Å²) in [6, 6.07) is 8.58. The van der Waals surface area contributed by atoms with Crippen LogP contribution >= 0.6 is 0 Å². The summed E-state index contributed by atoms with van der Waals surface area (Å²) in [5.74, 6) is 0. The fraction of sp³-hybridized carbons (Fsp3) is 0.455. The smallest absolute Gasteiger partial charge is 0.0976 e. The zero-order valence-electron chi connectivity index (χ0n) is 7.86. The van der Waals surface area contributed by atoms with E-state index >= 15 is 0 Å². The van der Waals surface area contributed by atoms with Gasteiger partial charge in [-0.1, -0.05) is 29.8 Å². The first-order valence-corrected chi connectivity index (χ1v) is 4.71. The Hall–Kier alpha value is -0.860. The number of nitrogens with two attached hydrogens (primary N) is 1. The molecule has 13 heavy (non-hydrogen) atoms. The van der Waals surface area contributed by atoms with Gasteiger partial charge in [0, 0.05) is 12.6 Å². The third kappa shape index (κ3) is 1.74. The summed E-state index contributed by atoms with van der Waals surface area (Å²) in [4.78, 5) is 0. The molecule has 2 heteroatoms. The maximum atomic E-state index is 5.92.